The van der Waals surface area contributed by atoms with E-state index in [4.69, 9.17) is 0 Å². The lowest BCUT2D eigenvalue weighted by molar-refractivity contribution is -0.115. The summed E-state index contributed by atoms with van der Waals surface area (Å²) in [6.45, 7) is 5.18. The van der Waals surface area contributed by atoms with E-state index in [2.05, 4.69) is 15.3 Å². The van der Waals surface area contributed by atoms with Gasteiger partial charge in [-0.3, -0.25) is 9.59 Å². The van der Waals surface area contributed by atoms with Crippen LogP contribution in [0.15, 0.2) is 53.6 Å². The molecule has 1 amide bonds. The average Bonchev–Trinajstić information content (AvgIpc) is 2.61. The SMILES string of the molecule is CC(=O)c1cccc(NC(=O)[C@H](C)Sc2nc(C)nc3ccccc23)c1. The summed E-state index contributed by atoms with van der Waals surface area (Å²) in [5.74, 6) is 0.496. The molecule has 0 aliphatic carbocycles. The number of hydrogen-bond donors (Lipinski definition) is 1. The van der Waals surface area contributed by atoms with Crippen LogP contribution in [-0.4, -0.2) is 26.9 Å². The highest BCUT2D eigenvalue weighted by molar-refractivity contribution is 8.00. The Balaban J connectivity index is 1.78. The van der Waals surface area contributed by atoms with Crippen LogP contribution in [0.3, 0.4) is 0 Å². The molecule has 1 N–H and O–H groups in total. The number of carbonyl (C=O) groups is 2. The van der Waals surface area contributed by atoms with Crippen molar-refractivity contribution in [2.45, 2.75) is 31.0 Å². The first-order chi connectivity index (χ1) is 12.4. The summed E-state index contributed by atoms with van der Waals surface area (Å²) in [7, 11) is 0. The standard InChI is InChI=1S/C20H19N3O2S/c1-12(24)15-7-6-8-16(11-15)23-19(25)13(2)26-20-17-9-4-5-10-18(17)21-14(3)22-20/h4-11,13H,1-3H3,(H,23,25)/t13-/m0/s1. The fraction of sp³-hybridized carbons (Fsp3) is 0.200. The number of para-hydroxylation sites is 1. The van der Waals surface area contributed by atoms with E-state index in [1.165, 1.54) is 18.7 Å². The number of nitrogens with one attached hydrogen (secondary N) is 1. The van der Waals surface area contributed by atoms with Crippen LogP contribution in [0.25, 0.3) is 10.9 Å². The quantitative estimate of drug-likeness (QED) is 0.415. The van der Waals surface area contributed by atoms with Gasteiger partial charge >= 0.3 is 0 Å². The van der Waals surface area contributed by atoms with Gasteiger partial charge in [0.2, 0.25) is 5.91 Å². The molecular weight excluding hydrogens is 346 g/mol. The summed E-state index contributed by atoms with van der Waals surface area (Å²) in [4.78, 5) is 33.0. The molecular formula is C20H19N3O2S. The van der Waals surface area contributed by atoms with E-state index < -0.39 is 0 Å². The Bertz CT molecular complexity index is 988. The van der Waals surface area contributed by atoms with Crippen molar-refractivity contribution in [3.05, 3.63) is 59.9 Å². The third kappa shape index (κ3) is 4.08. The highest BCUT2D eigenvalue weighted by atomic mass is 32.2. The van der Waals surface area contributed by atoms with Crippen LogP contribution in [-0.2, 0) is 4.79 Å². The zero-order chi connectivity index (χ0) is 18.7. The summed E-state index contributed by atoms with van der Waals surface area (Å²) >= 11 is 1.39. The molecule has 3 rings (SSSR count). The zero-order valence-corrected chi connectivity index (χ0v) is 15.6. The zero-order valence-electron chi connectivity index (χ0n) is 14.8. The number of thioether (sulfide) groups is 1. The summed E-state index contributed by atoms with van der Waals surface area (Å²) in [5.41, 5.74) is 2.05. The molecule has 0 radical (unpaired) electrons. The first kappa shape index (κ1) is 18.1. The van der Waals surface area contributed by atoms with Crippen molar-refractivity contribution < 1.29 is 9.59 Å². The number of Topliss-reactive ketones (excluding diaryl/α,β-unsaturated/α-hetero) is 1. The molecule has 0 unspecified atom stereocenters. The monoisotopic (exact) mass is 365 g/mol. The molecule has 6 heteroatoms. The van der Waals surface area contributed by atoms with E-state index in [0.717, 1.165) is 15.9 Å². The molecule has 0 fully saturated rings. The Kier molecular flexibility index (Phi) is 5.32. The molecule has 1 aromatic heterocycles. The number of aromatic nitrogens is 2. The van der Waals surface area contributed by atoms with Crippen molar-refractivity contribution in [1.82, 2.24) is 9.97 Å². The summed E-state index contributed by atoms with van der Waals surface area (Å²) < 4.78 is 0. The number of ketones is 1. The second-order valence-electron chi connectivity index (χ2n) is 5.98. The Morgan fingerprint density at radius 1 is 1.08 bits per heavy atom. The number of fused-ring (bicyclic) bond motifs is 1. The van der Waals surface area contributed by atoms with Crippen LogP contribution in [0.1, 0.15) is 30.0 Å². The summed E-state index contributed by atoms with van der Waals surface area (Å²) in [6, 6.07) is 14.7. The average molecular weight is 365 g/mol. The van der Waals surface area contributed by atoms with Crippen LogP contribution in [0.2, 0.25) is 0 Å². The van der Waals surface area contributed by atoms with Gasteiger partial charge in [-0.2, -0.15) is 0 Å². The molecule has 5 nitrogen and oxygen atoms in total. The molecule has 0 saturated carbocycles. The van der Waals surface area contributed by atoms with Gasteiger partial charge in [-0.05, 0) is 39.0 Å². The van der Waals surface area contributed by atoms with Crippen LogP contribution in [0, 0.1) is 6.92 Å². The Hall–Kier alpha value is -2.73. The van der Waals surface area contributed by atoms with E-state index in [9.17, 15) is 9.59 Å². The predicted octanol–water partition coefficient (Wildman–Crippen LogP) is 4.26. The maximum absolute atomic E-state index is 12.6. The summed E-state index contributed by atoms with van der Waals surface area (Å²) in [6.07, 6.45) is 0. The minimum atomic E-state index is -0.353. The Labute approximate surface area is 156 Å². The number of carbonyl (C=O) groups excluding carboxylic acids is 2. The first-order valence-electron chi connectivity index (χ1n) is 8.26. The fourth-order valence-corrected chi connectivity index (χ4v) is 3.51. The molecule has 3 aromatic rings. The largest absolute Gasteiger partial charge is 0.325 e. The van der Waals surface area contributed by atoms with Gasteiger partial charge in [-0.1, -0.05) is 42.1 Å². The number of hydrogen-bond acceptors (Lipinski definition) is 5. The van der Waals surface area contributed by atoms with Gasteiger partial charge in [0.15, 0.2) is 5.78 Å². The van der Waals surface area contributed by atoms with Crippen LogP contribution < -0.4 is 5.32 Å². The van der Waals surface area contributed by atoms with Crippen molar-refractivity contribution >= 4 is 40.0 Å². The van der Waals surface area contributed by atoms with E-state index in [1.54, 1.807) is 24.3 Å². The van der Waals surface area contributed by atoms with Crippen LogP contribution in [0.5, 0.6) is 0 Å². The van der Waals surface area contributed by atoms with Crippen molar-refractivity contribution in [1.29, 1.82) is 0 Å². The second-order valence-corrected chi connectivity index (χ2v) is 7.31. The normalized spacial score (nSPS) is 12.0. The lowest BCUT2D eigenvalue weighted by Crippen LogP contribution is -2.22. The van der Waals surface area contributed by atoms with Crippen LogP contribution in [0.4, 0.5) is 5.69 Å². The molecule has 26 heavy (non-hydrogen) atoms. The Morgan fingerprint density at radius 2 is 1.85 bits per heavy atom. The minimum Gasteiger partial charge on any atom is -0.325 e. The highest BCUT2D eigenvalue weighted by Gasteiger charge is 2.18. The fourth-order valence-electron chi connectivity index (χ4n) is 2.53. The van der Waals surface area contributed by atoms with E-state index >= 15 is 0 Å². The van der Waals surface area contributed by atoms with Crippen molar-refractivity contribution in [3.8, 4) is 0 Å². The van der Waals surface area contributed by atoms with E-state index in [-0.39, 0.29) is 16.9 Å². The molecule has 0 aliphatic heterocycles. The maximum Gasteiger partial charge on any atom is 0.237 e. The number of aryl methyl sites for hydroxylation is 1. The van der Waals surface area contributed by atoms with Crippen LogP contribution >= 0.6 is 11.8 Å². The molecule has 0 bridgehead atoms. The summed E-state index contributed by atoms with van der Waals surface area (Å²) in [5, 5.41) is 4.23. The number of nitrogens with zero attached hydrogens (tertiary/aromatic N) is 2. The smallest absolute Gasteiger partial charge is 0.237 e. The van der Waals surface area contributed by atoms with E-state index in [1.807, 2.05) is 38.1 Å². The first-order valence-corrected chi connectivity index (χ1v) is 9.14. The molecule has 1 heterocycles. The lowest BCUT2D eigenvalue weighted by Gasteiger charge is -2.13. The predicted molar refractivity (Wildman–Crippen MR) is 105 cm³/mol. The van der Waals surface area contributed by atoms with Gasteiger partial charge in [0.05, 0.1) is 10.8 Å². The lowest BCUT2D eigenvalue weighted by atomic mass is 10.1. The van der Waals surface area contributed by atoms with Crippen molar-refractivity contribution in [2.24, 2.45) is 0 Å². The van der Waals surface area contributed by atoms with Gasteiger partial charge in [0, 0.05) is 16.6 Å². The number of amides is 1. The molecule has 132 valence electrons. The molecule has 0 aliphatic rings. The number of anilines is 1. The molecule has 0 spiro atoms. The van der Waals surface area contributed by atoms with E-state index in [0.29, 0.717) is 17.1 Å². The topological polar surface area (TPSA) is 72.0 Å². The van der Waals surface area contributed by atoms with Crippen molar-refractivity contribution in [3.63, 3.8) is 0 Å². The van der Waals surface area contributed by atoms with Gasteiger partial charge in [-0.25, -0.2) is 9.97 Å². The number of benzene rings is 2. The second kappa shape index (κ2) is 7.66. The van der Waals surface area contributed by atoms with Gasteiger partial charge in [-0.15, -0.1) is 0 Å². The maximum atomic E-state index is 12.6. The minimum absolute atomic E-state index is 0.0357. The van der Waals surface area contributed by atoms with Crippen molar-refractivity contribution in [2.75, 3.05) is 5.32 Å². The molecule has 0 saturated heterocycles. The molecule has 1 atom stereocenters. The van der Waals surface area contributed by atoms with Gasteiger partial charge in [0.25, 0.3) is 0 Å². The third-order valence-electron chi connectivity index (χ3n) is 3.87. The third-order valence-corrected chi connectivity index (χ3v) is 4.98. The number of rotatable bonds is 5. The van der Waals surface area contributed by atoms with Gasteiger partial charge in [0.1, 0.15) is 10.9 Å². The van der Waals surface area contributed by atoms with Gasteiger partial charge < -0.3 is 5.32 Å². The highest BCUT2D eigenvalue weighted by Crippen LogP contribution is 2.29. The Morgan fingerprint density at radius 3 is 2.62 bits per heavy atom. The molecule has 2 aromatic carbocycles.